The average Bonchev–Trinajstić information content (AvgIpc) is 2.86. The molecule has 1 heterocycles. The molecular weight excluding hydrogens is 358 g/mol. The molecule has 0 atom stereocenters. The summed E-state index contributed by atoms with van der Waals surface area (Å²) in [6.45, 7) is 0. The highest BCUT2D eigenvalue weighted by Gasteiger charge is 2.17. The molecule has 0 bridgehead atoms. The molecule has 2 N–H and O–H groups in total. The first-order chi connectivity index (χ1) is 9.80. The van der Waals surface area contributed by atoms with E-state index >= 15 is 0 Å². The summed E-state index contributed by atoms with van der Waals surface area (Å²) in [5.41, 5.74) is 0.926. The zero-order chi connectivity index (χ0) is 15.6. The number of nitrogens with zero attached hydrogens (tertiary/aromatic N) is 1. The molecule has 0 aliphatic carbocycles. The lowest BCUT2D eigenvalue weighted by Crippen LogP contribution is -2.22. The third kappa shape index (κ3) is 3.52. The van der Waals surface area contributed by atoms with E-state index in [-0.39, 0.29) is 10.8 Å². The van der Waals surface area contributed by atoms with Gasteiger partial charge in [0.15, 0.2) is 0 Å². The van der Waals surface area contributed by atoms with Crippen LogP contribution >= 0.6 is 15.9 Å². The third-order valence-corrected chi connectivity index (χ3v) is 5.07. The molecule has 1 aromatic carbocycles. The van der Waals surface area contributed by atoms with Crippen molar-refractivity contribution in [3.05, 3.63) is 46.7 Å². The van der Waals surface area contributed by atoms with E-state index in [1.54, 1.807) is 24.4 Å². The van der Waals surface area contributed by atoms with E-state index in [0.717, 1.165) is 8.78 Å². The fourth-order valence-electron chi connectivity index (χ4n) is 1.62. The quantitative estimate of drug-likeness (QED) is 0.864. The average molecular weight is 372 g/mol. The van der Waals surface area contributed by atoms with Crippen LogP contribution < -0.4 is 5.32 Å². The number of halogens is 1. The van der Waals surface area contributed by atoms with Crippen LogP contribution in [-0.2, 0) is 10.0 Å². The SMILES string of the molecule is CN(C)S(=O)(=O)c1ccc(NC(=O)c2cc(Br)c[nH]2)cc1. The Kier molecular flexibility index (Phi) is 4.50. The normalized spacial score (nSPS) is 11.6. The van der Waals surface area contributed by atoms with E-state index in [1.165, 1.54) is 26.2 Å². The zero-order valence-electron chi connectivity index (χ0n) is 11.4. The maximum Gasteiger partial charge on any atom is 0.272 e. The Morgan fingerprint density at radius 3 is 2.33 bits per heavy atom. The van der Waals surface area contributed by atoms with Crippen LogP contribution in [0.15, 0.2) is 45.9 Å². The van der Waals surface area contributed by atoms with Gasteiger partial charge in [0.1, 0.15) is 5.69 Å². The van der Waals surface area contributed by atoms with Gasteiger partial charge in [-0.3, -0.25) is 4.79 Å². The fourth-order valence-corrected chi connectivity index (χ4v) is 2.86. The Balaban J connectivity index is 2.15. The molecule has 0 aliphatic heterocycles. The van der Waals surface area contributed by atoms with Gasteiger partial charge < -0.3 is 10.3 Å². The van der Waals surface area contributed by atoms with Crippen molar-refractivity contribution in [2.45, 2.75) is 4.90 Å². The van der Waals surface area contributed by atoms with E-state index in [0.29, 0.717) is 11.4 Å². The molecule has 0 radical (unpaired) electrons. The molecule has 2 aromatic rings. The Morgan fingerprint density at radius 2 is 1.86 bits per heavy atom. The minimum absolute atomic E-state index is 0.174. The van der Waals surface area contributed by atoms with E-state index in [4.69, 9.17) is 0 Å². The molecule has 0 saturated heterocycles. The lowest BCUT2D eigenvalue weighted by molar-refractivity contribution is 0.102. The monoisotopic (exact) mass is 371 g/mol. The molecule has 0 saturated carbocycles. The molecule has 0 unspecified atom stereocenters. The second-order valence-corrected chi connectivity index (χ2v) is 7.57. The highest BCUT2D eigenvalue weighted by Crippen LogP contribution is 2.18. The number of anilines is 1. The van der Waals surface area contributed by atoms with E-state index in [2.05, 4.69) is 26.2 Å². The highest BCUT2D eigenvalue weighted by atomic mass is 79.9. The summed E-state index contributed by atoms with van der Waals surface area (Å²) in [7, 11) is -0.530. The summed E-state index contributed by atoms with van der Waals surface area (Å²) in [5, 5.41) is 2.68. The summed E-state index contributed by atoms with van der Waals surface area (Å²) >= 11 is 3.25. The lowest BCUT2D eigenvalue weighted by atomic mass is 10.3. The van der Waals surface area contributed by atoms with Crippen LogP contribution in [0.2, 0.25) is 0 Å². The molecule has 1 aromatic heterocycles. The van der Waals surface area contributed by atoms with Crippen molar-refractivity contribution in [3.8, 4) is 0 Å². The van der Waals surface area contributed by atoms with Crippen LogP contribution in [0.3, 0.4) is 0 Å². The third-order valence-electron chi connectivity index (χ3n) is 2.78. The Bertz CT molecular complexity index is 751. The van der Waals surface area contributed by atoms with Crippen molar-refractivity contribution >= 4 is 37.5 Å². The fraction of sp³-hybridized carbons (Fsp3) is 0.154. The van der Waals surface area contributed by atoms with E-state index < -0.39 is 10.0 Å². The topological polar surface area (TPSA) is 82.3 Å². The number of carbonyl (C=O) groups excluding carboxylic acids is 1. The first-order valence-corrected chi connectivity index (χ1v) is 8.22. The maximum atomic E-state index is 11.9. The predicted octanol–water partition coefficient (Wildman–Crippen LogP) is 2.28. The van der Waals surface area contributed by atoms with Gasteiger partial charge in [0.2, 0.25) is 10.0 Å². The molecule has 21 heavy (non-hydrogen) atoms. The summed E-state index contributed by atoms with van der Waals surface area (Å²) in [6, 6.07) is 7.66. The van der Waals surface area contributed by atoms with Crippen molar-refractivity contribution in [2.75, 3.05) is 19.4 Å². The first kappa shape index (κ1) is 15.7. The number of carbonyl (C=O) groups is 1. The number of aromatic nitrogens is 1. The van der Waals surface area contributed by atoms with E-state index in [9.17, 15) is 13.2 Å². The van der Waals surface area contributed by atoms with Crippen LogP contribution in [-0.4, -0.2) is 37.7 Å². The first-order valence-electron chi connectivity index (χ1n) is 5.98. The van der Waals surface area contributed by atoms with Crippen LogP contribution in [0, 0.1) is 0 Å². The number of benzene rings is 1. The van der Waals surface area contributed by atoms with Gasteiger partial charge >= 0.3 is 0 Å². The van der Waals surface area contributed by atoms with Gasteiger partial charge in [-0.1, -0.05) is 0 Å². The van der Waals surface area contributed by atoms with Crippen molar-refractivity contribution in [1.82, 2.24) is 9.29 Å². The van der Waals surface area contributed by atoms with Gasteiger partial charge in [-0.2, -0.15) is 0 Å². The van der Waals surface area contributed by atoms with Crippen LogP contribution in [0.25, 0.3) is 0 Å². The molecule has 112 valence electrons. The number of amides is 1. The number of hydrogen-bond donors (Lipinski definition) is 2. The second kappa shape index (κ2) is 6.00. The predicted molar refractivity (Wildman–Crippen MR) is 83.8 cm³/mol. The zero-order valence-corrected chi connectivity index (χ0v) is 13.8. The number of nitrogens with one attached hydrogen (secondary N) is 2. The molecule has 8 heteroatoms. The van der Waals surface area contributed by atoms with Crippen molar-refractivity contribution in [1.29, 1.82) is 0 Å². The lowest BCUT2D eigenvalue weighted by Gasteiger charge is -2.11. The Labute approximate surface area is 131 Å². The summed E-state index contributed by atoms with van der Waals surface area (Å²) in [4.78, 5) is 14.9. The maximum absolute atomic E-state index is 11.9. The van der Waals surface area contributed by atoms with Crippen molar-refractivity contribution < 1.29 is 13.2 Å². The van der Waals surface area contributed by atoms with E-state index in [1.807, 2.05) is 0 Å². The molecule has 2 rings (SSSR count). The second-order valence-electron chi connectivity index (χ2n) is 4.50. The number of aromatic amines is 1. The molecule has 0 spiro atoms. The molecule has 6 nitrogen and oxygen atoms in total. The summed E-state index contributed by atoms with van der Waals surface area (Å²) < 4.78 is 25.7. The number of rotatable bonds is 4. The molecule has 1 amide bonds. The number of sulfonamides is 1. The van der Waals surface area contributed by atoms with Gasteiger partial charge in [-0.25, -0.2) is 12.7 Å². The van der Waals surface area contributed by atoms with Crippen molar-refractivity contribution in [3.63, 3.8) is 0 Å². The van der Waals surface area contributed by atoms with Gasteiger partial charge in [0, 0.05) is 30.5 Å². The highest BCUT2D eigenvalue weighted by molar-refractivity contribution is 9.10. The molecular formula is C13H14BrN3O3S. The Hall–Kier alpha value is -1.64. The van der Waals surface area contributed by atoms with Gasteiger partial charge in [0.25, 0.3) is 5.91 Å². The molecule has 0 aliphatic rings. The van der Waals surface area contributed by atoms with Crippen LogP contribution in [0.1, 0.15) is 10.5 Å². The van der Waals surface area contributed by atoms with Gasteiger partial charge in [-0.05, 0) is 46.3 Å². The Morgan fingerprint density at radius 1 is 1.24 bits per heavy atom. The molecule has 0 fully saturated rings. The summed E-state index contributed by atoms with van der Waals surface area (Å²) in [5.74, 6) is -0.302. The number of hydrogen-bond acceptors (Lipinski definition) is 3. The van der Waals surface area contributed by atoms with Crippen LogP contribution in [0.5, 0.6) is 0 Å². The number of H-pyrrole nitrogens is 1. The standard InChI is InChI=1S/C13H14BrN3O3S/c1-17(2)21(19,20)11-5-3-10(4-6-11)16-13(18)12-7-9(14)8-15-12/h3-8,15H,1-2H3,(H,16,18). The van der Waals surface area contributed by atoms with Crippen molar-refractivity contribution in [2.24, 2.45) is 0 Å². The van der Waals surface area contributed by atoms with Gasteiger partial charge in [0.05, 0.1) is 4.90 Å². The summed E-state index contributed by atoms with van der Waals surface area (Å²) in [6.07, 6.45) is 1.65. The minimum Gasteiger partial charge on any atom is -0.356 e. The van der Waals surface area contributed by atoms with Crippen LogP contribution in [0.4, 0.5) is 5.69 Å². The largest absolute Gasteiger partial charge is 0.356 e. The minimum atomic E-state index is -3.46. The smallest absolute Gasteiger partial charge is 0.272 e. The van der Waals surface area contributed by atoms with Gasteiger partial charge in [-0.15, -0.1) is 0 Å².